The van der Waals surface area contributed by atoms with Gasteiger partial charge in [-0.3, -0.25) is 0 Å². The smallest absolute Gasteiger partial charge is 0.437 e. The van der Waals surface area contributed by atoms with E-state index in [0.717, 1.165) is 19.3 Å². The predicted molar refractivity (Wildman–Crippen MR) is 95.2 cm³/mol. The Bertz CT molecular complexity index is 454. The van der Waals surface area contributed by atoms with Crippen LogP contribution in [0.3, 0.4) is 0 Å². The molecule has 0 aliphatic carbocycles. The summed E-state index contributed by atoms with van der Waals surface area (Å²) in [5, 5.41) is 0. The zero-order valence-electron chi connectivity index (χ0n) is 15.0. The van der Waals surface area contributed by atoms with E-state index in [9.17, 15) is 4.79 Å². The Morgan fingerprint density at radius 2 is 1.57 bits per heavy atom. The Morgan fingerprint density at radius 1 is 0.913 bits per heavy atom. The summed E-state index contributed by atoms with van der Waals surface area (Å²) in [6.07, 6.45) is 11.2. The van der Waals surface area contributed by atoms with Crippen LogP contribution >= 0.6 is 0 Å². The molecule has 0 N–H and O–H groups in total. The lowest BCUT2D eigenvalue weighted by molar-refractivity contribution is 0.121. The summed E-state index contributed by atoms with van der Waals surface area (Å²) in [4.78, 5) is 11.5. The van der Waals surface area contributed by atoms with Crippen molar-refractivity contribution in [1.29, 1.82) is 0 Å². The second-order valence-electron chi connectivity index (χ2n) is 6.07. The minimum atomic E-state index is -0.636. The quantitative estimate of drug-likeness (QED) is 0.282. The first-order chi connectivity index (χ1) is 11.2. The largest absolute Gasteiger partial charge is 0.513 e. The van der Waals surface area contributed by atoms with Crippen LogP contribution in [0.4, 0.5) is 4.79 Å². The first-order valence-corrected chi connectivity index (χ1v) is 9.09. The molecule has 0 fully saturated rings. The number of carbonyl (C=O) groups excluding carboxylic acids is 1. The Hall–Kier alpha value is -1.51. The molecule has 1 rings (SSSR count). The van der Waals surface area contributed by atoms with Crippen LogP contribution in [0.1, 0.15) is 76.3 Å². The lowest BCUT2D eigenvalue weighted by Gasteiger charge is -2.14. The lowest BCUT2D eigenvalue weighted by Crippen LogP contribution is -2.10. The fourth-order valence-electron chi connectivity index (χ4n) is 2.83. The first-order valence-electron chi connectivity index (χ1n) is 9.09. The van der Waals surface area contributed by atoms with E-state index < -0.39 is 6.16 Å². The highest BCUT2D eigenvalue weighted by Crippen LogP contribution is 2.27. The van der Waals surface area contributed by atoms with E-state index in [0.29, 0.717) is 5.75 Å². The van der Waals surface area contributed by atoms with E-state index in [1.807, 2.05) is 12.1 Å². The fraction of sp³-hybridized carbons (Fsp3) is 0.650. The molecule has 0 spiro atoms. The van der Waals surface area contributed by atoms with Crippen LogP contribution in [0.25, 0.3) is 0 Å². The molecule has 3 heteroatoms. The van der Waals surface area contributed by atoms with Gasteiger partial charge in [0.05, 0.1) is 7.11 Å². The molecule has 1 aromatic rings. The second kappa shape index (κ2) is 12.0. The van der Waals surface area contributed by atoms with Gasteiger partial charge in [0.2, 0.25) is 0 Å². The van der Waals surface area contributed by atoms with E-state index in [4.69, 9.17) is 4.74 Å². The van der Waals surface area contributed by atoms with Crippen LogP contribution in [0.5, 0.6) is 5.75 Å². The number of rotatable bonds is 11. The van der Waals surface area contributed by atoms with E-state index in [1.54, 1.807) is 0 Å². The maximum absolute atomic E-state index is 11.5. The third-order valence-electron chi connectivity index (χ3n) is 4.17. The highest BCUT2D eigenvalue weighted by atomic mass is 16.7. The Morgan fingerprint density at radius 3 is 2.17 bits per heavy atom. The van der Waals surface area contributed by atoms with Gasteiger partial charge < -0.3 is 9.47 Å². The topological polar surface area (TPSA) is 35.5 Å². The summed E-state index contributed by atoms with van der Waals surface area (Å²) in [5.41, 5.74) is 2.50. The van der Waals surface area contributed by atoms with Crippen LogP contribution in [0.2, 0.25) is 0 Å². The van der Waals surface area contributed by atoms with Gasteiger partial charge in [0.15, 0.2) is 0 Å². The summed E-state index contributed by atoms with van der Waals surface area (Å²) in [6, 6.07) is 6.02. The molecule has 0 aliphatic heterocycles. The van der Waals surface area contributed by atoms with Gasteiger partial charge in [-0.1, -0.05) is 64.5 Å². The number of carbonyl (C=O) groups is 1. The van der Waals surface area contributed by atoms with Crippen molar-refractivity contribution < 1.29 is 14.3 Å². The maximum atomic E-state index is 11.5. The van der Waals surface area contributed by atoms with Crippen LogP contribution in [-0.4, -0.2) is 13.3 Å². The van der Waals surface area contributed by atoms with Crippen molar-refractivity contribution in [3.63, 3.8) is 0 Å². The van der Waals surface area contributed by atoms with Gasteiger partial charge in [-0.2, -0.15) is 0 Å². The molecule has 0 saturated heterocycles. The van der Waals surface area contributed by atoms with Crippen LogP contribution in [0, 0.1) is 0 Å². The van der Waals surface area contributed by atoms with Crippen LogP contribution in [0.15, 0.2) is 18.2 Å². The SMILES string of the molecule is CCCCCCc1cccc(OC(=O)OC)c1CCCCCC. The third-order valence-corrected chi connectivity index (χ3v) is 4.17. The highest BCUT2D eigenvalue weighted by molar-refractivity contribution is 5.64. The summed E-state index contributed by atoms with van der Waals surface area (Å²) in [7, 11) is 1.35. The van der Waals surface area contributed by atoms with Gasteiger partial charge in [-0.25, -0.2) is 4.79 Å². The summed E-state index contributed by atoms with van der Waals surface area (Å²) in [6.45, 7) is 4.44. The van der Waals surface area contributed by atoms with E-state index in [2.05, 4.69) is 24.7 Å². The Balaban J connectivity index is 2.79. The molecule has 3 nitrogen and oxygen atoms in total. The number of benzene rings is 1. The zero-order chi connectivity index (χ0) is 16.9. The maximum Gasteiger partial charge on any atom is 0.513 e. The van der Waals surface area contributed by atoms with Gasteiger partial charge in [0, 0.05) is 0 Å². The molecule has 130 valence electrons. The molecule has 23 heavy (non-hydrogen) atoms. The molecule has 0 aliphatic rings. The molecule has 1 aromatic carbocycles. The van der Waals surface area contributed by atoms with Gasteiger partial charge >= 0.3 is 6.16 Å². The predicted octanol–water partition coefficient (Wildman–Crippen LogP) is 6.08. The van der Waals surface area contributed by atoms with Gasteiger partial charge in [0.1, 0.15) is 5.75 Å². The first kappa shape index (κ1) is 19.5. The fourth-order valence-corrected chi connectivity index (χ4v) is 2.83. The van der Waals surface area contributed by atoms with Crippen molar-refractivity contribution in [2.24, 2.45) is 0 Å². The van der Waals surface area contributed by atoms with Crippen LogP contribution in [-0.2, 0) is 17.6 Å². The van der Waals surface area contributed by atoms with E-state index in [1.165, 1.54) is 63.2 Å². The standard InChI is InChI=1S/C20H32O3/c1-4-6-8-10-13-17-14-12-16-19(23-20(21)22-3)18(17)15-11-9-7-5-2/h12,14,16H,4-11,13,15H2,1-3H3. The molecule has 0 atom stereocenters. The summed E-state index contributed by atoms with van der Waals surface area (Å²) >= 11 is 0. The number of hydrogen-bond acceptors (Lipinski definition) is 3. The van der Waals surface area contributed by atoms with Crippen molar-refractivity contribution in [2.75, 3.05) is 7.11 Å². The number of unbranched alkanes of at least 4 members (excludes halogenated alkanes) is 6. The average Bonchev–Trinajstić information content (AvgIpc) is 2.57. The molecule has 0 saturated carbocycles. The number of hydrogen-bond donors (Lipinski definition) is 0. The van der Waals surface area contributed by atoms with Crippen molar-refractivity contribution in [3.8, 4) is 5.75 Å². The molecule has 0 aromatic heterocycles. The summed E-state index contributed by atoms with van der Waals surface area (Å²) in [5.74, 6) is 0.668. The van der Waals surface area contributed by atoms with Gasteiger partial charge in [-0.05, 0) is 42.9 Å². The third kappa shape index (κ3) is 7.54. The highest BCUT2D eigenvalue weighted by Gasteiger charge is 2.13. The van der Waals surface area contributed by atoms with Gasteiger partial charge in [-0.15, -0.1) is 0 Å². The van der Waals surface area contributed by atoms with Crippen molar-refractivity contribution in [2.45, 2.75) is 78.1 Å². The number of aryl methyl sites for hydroxylation is 1. The Labute approximate surface area is 141 Å². The van der Waals surface area contributed by atoms with Crippen molar-refractivity contribution >= 4 is 6.16 Å². The van der Waals surface area contributed by atoms with Crippen molar-refractivity contribution in [3.05, 3.63) is 29.3 Å². The molecule has 0 bridgehead atoms. The average molecular weight is 320 g/mol. The molecular formula is C20H32O3. The molecular weight excluding hydrogens is 288 g/mol. The minimum Gasteiger partial charge on any atom is -0.437 e. The second-order valence-corrected chi connectivity index (χ2v) is 6.07. The van der Waals surface area contributed by atoms with E-state index >= 15 is 0 Å². The van der Waals surface area contributed by atoms with E-state index in [-0.39, 0.29) is 0 Å². The number of methoxy groups -OCH3 is 1. The normalized spacial score (nSPS) is 10.6. The monoisotopic (exact) mass is 320 g/mol. The summed E-state index contributed by atoms with van der Waals surface area (Å²) < 4.78 is 10.0. The zero-order valence-corrected chi connectivity index (χ0v) is 15.0. The van der Waals surface area contributed by atoms with Crippen LogP contribution < -0.4 is 4.74 Å². The molecule has 0 amide bonds. The number of ether oxygens (including phenoxy) is 2. The minimum absolute atomic E-state index is 0.636. The van der Waals surface area contributed by atoms with Crippen molar-refractivity contribution in [1.82, 2.24) is 0 Å². The molecule has 0 heterocycles. The molecule has 0 unspecified atom stereocenters. The van der Waals surface area contributed by atoms with Gasteiger partial charge in [0.25, 0.3) is 0 Å². The lowest BCUT2D eigenvalue weighted by atomic mass is 9.96. The molecule has 0 radical (unpaired) electrons. The Kier molecular flexibility index (Phi) is 10.2.